The van der Waals surface area contributed by atoms with Gasteiger partial charge in [-0.15, -0.1) is 24.0 Å². The van der Waals surface area contributed by atoms with E-state index in [1.165, 1.54) is 18.2 Å². The van der Waals surface area contributed by atoms with Crippen molar-refractivity contribution in [3.63, 3.8) is 0 Å². The van der Waals surface area contributed by atoms with Crippen molar-refractivity contribution in [3.8, 4) is 11.5 Å². The molecule has 29 heavy (non-hydrogen) atoms. The third-order valence-electron chi connectivity index (χ3n) is 4.74. The summed E-state index contributed by atoms with van der Waals surface area (Å²) in [7, 11) is 3.21. The van der Waals surface area contributed by atoms with Crippen LogP contribution in [0.4, 0.5) is 14.5 Å². The maximum Gasteiger partial charge on any atom is 0.191 e. The van der Waals surface area contributed by atoms with E-state index in [-0.39, 0.29) is 41.5 Å². The van der Waals surface area contributed by atoms with Gasteiger partial charge >= 0.3 is 0 Å². The van der Waals surface area contributed by atoms with E-state index in [1.54, 1.807) is 37.3 Å². The van der Waals surface area contributed by atoms with E-state index in [9.17, 15) is 13.9 Å². The van der Waals surface area contributed by atoms with Crippen LogP contribution >= 0.6 is 24.0 Å². The van der Waals surface area contributed by atoms with E-state index in [0.717, 1.165) is 6.42 Å². The first-order valence-electron chi connectivity index (χ1n) is 9.04. The number of nitrogens with zero attached hydrogens (tertiary/aromatic N) is 2. The number of ether oxygens (including phenoxy) is 1. The fourth-order valence-electron chi connectivity index (χ4n) is 3.27. The third kappa shape index (κ3) is 5.62. The topological polar surface area (TPSA) is 69.1 Å². The molecule has 0 aliphatic carbocycles. The molecule has 1 atom stereocenters. The number of rotatable bonds is 5. The molecule has 0 saturated carbocycles. The first-order valence-corrected chi connectivity index (χ1v) is 9.04. The van der Waals surface area contributed by atoms with Gasteiger partial charge in [0, 0.05) is 38.3 Å². The van der Waals surface area contributed by atoms with Crippen molar-refractivity contribution in [1.29, 1.82) is 0 Å². The lowest BCUT2D eigenvalue weighted by Gasteiger charge is -2.21. The van der Waals surface area contributed by atoms with Crippen molar-refractivity contribution in [3.05, 3.63) is 53.6 Å². The number of halogens is 3. The second-order valence-corrected chi connectivity index (χ2v) is 6.57. The summed E-state index contributed by atoms with van der Waals surface area (Å²) < 4.78 is 33.2. The molecule has 0 amide bonds. The van der Waals surface area contributed by atoms with Gasteiger partial charge in [0.05, 0.1) is 7.11 Å². The van der Waals surface area contributed by atoms with E-state index in [0.29, 0.717) is 36.9 Å². The zero-order chi connectivity index (χ0) is 20.1. The van der Waals surface area contributed by atoms with Crippen molar-refractivity contribution >= 4 is 35.6 Å². The lowest BCUT2D eigenvalue weighted by Crippen LogP contribution is -2.44. The van der Waals surface area contributed by atoms with Crippen molar-refractivity contribution in [2.24, 2.45) is 4.99 Å². The Morgan fingerprint density at radius 1 is 1.28 bits per heavy atom. The van der Waals surface area contributed by atoms with Crippen LogP contribution in [-0.4, -0.2) is 44.4 Å². The summed E-state index contributed by atoms with van der Waals surface area (Å²) in [6.07, 6.45) is 0.721. The highest BCUT2D eigenvalue weighted by molar-refractivity contribution is 14.0. The Bertz CT molecular complexity index is 846. The Kier molecular flexibility index (Phi) is 8.30. The summed E-state index contributed by atoms with van der Waals surface area (Å²) in [5.74, 6) is 0.234. The van der Waals surface area contributed by atoms with E-state index in [4.69, 9.17) is 4.74 Å². The quantitative estimate of drug-likeness (QED) is 0.322. The number of methoxy groups -OCH3 is 1. The van der Waals surface area contributed by atoms with E-state index >= 15 is 0 Å². The van der Waals surface area contributed by atoms with Crippen LogP contribution in [0.5, 0.6) is 11.5 Å². The second-order valence-electron chi connectivity index (χ2n) is 6.57. The number of aliphatic imine (C=N–C) groups is 1. The summed E-state index contributed by atoms with van der Waals surface area (Å²) in [5, 5.41) is 16.4. The minimum absolute atomic E-state index is 0. The number of nitrogens with one attached hydrogen (secondary N) is 2. The summed E-state index contributed by atoms with van der Waals surface area (Å²) >= 11 is 0. The molecule has 6 nitrogen and oxygen atoms in total. The van der Waals surface area contributed by atoms with Crippen LogP contribution in [0.1, 0.15) is 12.0 Å². The van der Waals surface area contributed by atoms with Crippen molar-refractivity contribution in [2.75, 3.05) is 32.1 Å². The molecule has 3 N–H and O–H groups in total. The molecule has 3 rings (SSSR count). The molecule has 1 saturated heterocycles. The molecule has 1 aliphatic heterocycles. The van der Waals surface area contributed by atoms with Gasteiger partial charge in [-0.2, -0.15) is 0 Å². The van der Waals surface area contributed by atoms with Crippen LogP contribution in [0.15, 0.2) is 41.4 Å². The Balaban J connectivity index is 0.00000300. The Morgan fingerprint density at radius 2 is 2.00 bits per heavy atom. The Labute approximate surface area is 186 Å². The van der Waals surface area contributed by atoms with Crippen molar-refractivity contribution in [1.82, 2.24) is 10.6 Å². The zero-order valence-electron chi connectivity index (χ0n) is 16.3. The Morgan fingerprint density at radius 3 is 2.66 bits per heavy atom. The summed E-state index contributed by atoms with van der Waals surface area (Å²) in [6.45, 7) is 1.35. The van der Waals surface area contributed by atoms with Crippen LogP contribution in [0.3, 0.4) is 0 Å². The average Bonchev–Trinajstić information content (AvgIpc) is 3.14. The van der Waals surface area contributed by atoms with Crippen molar-refractivity contribution in [2.45, 2.75) is 19.0 Å². The van der Waals surface area contributed by atoms with Crippen LogP contribution in [-0.2, 0) is 6.54 Å². The van der Waals surface area contributed by atoms with Crippen molar-refractivity contribution < 1.29 is 18.6 Å². The van der Waals surface area contributed by atoms with E-state index in [1.807, 2.05) is 0 Å². The van der Waals surface area contributed by atoms with E-state index in [2.05, 4.69) is 15.6 Å². The molecule has 0 spiro atoms. The standard InChI is InChI=1S/C20H24F2N4O2.HI/c1-23-20(24-11-13-10-15(28-2)6-7-18(13)27)25-14-8-9-26(12-14)19-16(21)4-3-5-17(19)22;/h3-7,10,14,27H,8-9,11-12H2,1-2H3,(H2,23,24,25);1H. The molecule has 2 aromatic rings. The smallest absolute Gasteiger partial charge is 0.191 e. The largest absolute Gasteiger partial charge is 0.508 e. The summed E-state index contributed by atoms with van der Waals surface area (Å²) in [6, 6.07) is 8.88. The zero-order valence-corrected chi connectivity index (χ0v) is 18.6. The molecule has 1 unspecified atom stereocenters. The molecule has 158 valence electrons. The Hall–Kier alpha value is -2.30. The van der Waals surface area contributed by atoms with Gasteiger partial charge in [-0.05, 0) is 36.8 Å². The van der Waals surface area contributed by atoms with Crippen LogP contribution in [0, 0.1) is 11.6 Å². The summed E-state index contributed by atoms with van der Waals surface area (Å²) in [4.78, 5) is 5.88. The minimum Gasteiger partial charge on any atom is -0.508 e. The fraction of sp³-hybridized carbons (Fsp3) is 0.350. The molecule has 1 heterocycles. The number of aromatic hydroxyl groups is 1. The maximum atomic E-state index is 14.0. The molecule has 0 bridgehead atoms. The number of anilines is 1. The van der Waals surface area contributed by atoms with Gasteiger partial charge in [-0.3, -0.25) is 4.99 Å². The monoisotopic (exact) mass is 518 g/mol. The van der Waals surface area contributed by atoms with Gasteiger partial charge in [0.25, 0.3) is 0 Å². The highest BCUT2D eigenvalue weighted by Crippen LogP contribution is 2.27. The predicted molar refractivity (Wildman–Crippen MR) is 120 cm³/mol. The van der Waals surface area contributed by atoms with Gasteiger partial charge < -0.3 is 25.4 Å². The maximum absolute atomic E-state index is 14.0. The second kappa shape index (κ2) is 10.5. The van der Waals surface area contributed by atoms with Gasteiger partial charge in [-0.25, -0.2) is 8.78 Å². The van der Waals surface area contributed by atoms with Gasteiger partial charge in [0.15, 0.2) is 5.96 Å². The number of guanidine groups is 1. The molecule has 9 heteroatoms. The first-order chi connectivity index (χ1) is 13.5. The molecule has 2 aromatic carbocycles. The SMILES string of the molecule is CN=C(NCc1cc(OC)ccc1O)NC1CCN(c2c(F)cccc2F)C1.I. The number of para-hydroxylation sites is 1. The predicted octanol–water partition coefficient (Wildman–Crippen LogP) is 3.24. The number of benzene rings is 2. The van der Waals surface area contributed by atoms with Crippen LogP contribution in [0.2, 0.25) is 0 Å². The molecule has 1 aliphatic rings. The normalized spacial score (nSPS) is 16.3. The molecular weight excluding hydrogens is 493 g/mol. The highest BCUT2D eigenvalue weighted by Gasteiger charge is 2.27. The van der Waals surface area contributed by atoms with Gasteiger partial charge in [-0.1, -0.05) is 6.07 Å². The molecule has 1 fully saturated rings. The molecule has 0 radical (unpaired) electrons. The average molecular weight is 518 g/mol. The minimum atomic E-state index is -0.559. The van der Waals surface area contributed by atoms with Crippen LogP contribution in [0.25, 0.3) is 0 Å². The fourth-order valence-corrected chi connectivity index (χ4v) is 3.27. The number of hydrogen-bond donors (Lipinski definition) is 3. The molecule has 0 aromatic heterocycles. The van der Waals surface area contributed by atoms with E-state index < -0.39 is 11.6 Å². The van der Waals surface area contributed by atoms with Gasteiger partial charge in [0.1, 0.15) is 28.8 Å². The number of phenols is 1. The van der Waals surface area contributed by atoms with Crippen LogP contribution < -0.4 is 20.3 Å². The summed E-state index contributed by atoms with van der Waals surface area (Å²) in [5.41, 5.74) is 0.680. The third-order valence-corrected chi connectivity index (χ3v) is 4.74. The number of hydrogen-bond acceptors (Lipinski definition) is 4. The first kappa shape index (κ1) is 23.0. The highest BCUT2D eigenvalue weighted by atomic mass is 127. The lowest BCUT2D eigenvalue weighted by atomic mass is 10.2. The lowest BCUT2D eigenvalue weighted by molar-refractivity contribution is 0.410. The number of phenolic OH excluding ortho intramolecular Hbond substituents is 1. The van der Waals surface area contributed by atoms with Gasteiger partial charge in [0.2, 0.25) is 0 Å². The molecular formula is C20H25F2IN4O2.